The van der Waals surface area contributed by atoms with Crippen molar-refractivity contribution in [2.45, 2.75) is 11.8 Å². The number of carbonyl (C=O) groups excluding carboxylic acids is 1. The molecule has 1 rings (SSSR count). The van der Waals surface area contributed by atoms with Gasteiger partial charge in [-0.3, -0.25) is 14.9 Å². The summed E-state index contributed by atoms with van der Waals surface area (Å²) in [5.41, 5.74) is -0.975. The van der Waals surface area contributed by atoms with Crippen LogP contribution < -0.4 is 0 Å². The topological polar surface area (TPSA) is 144 Å². The second kappa shape index (κ2) is 7.36. The number of nitrogens with zero attached hydrogens (tertiary/aromatic N) is 2. The molecule has 0 bridgehead atoms. The number of hydrogen-bond acceptors (Lipinski definition) is 7. The van der Waals surface area contributed by atoms with Gasteiger partial charge in [-0.05, 0) is 6.07 Å². The number of nitro benzene ring substituents is 1. The Morgan fingerprint density at radius 3 is 2.46 bits per heavy atom. The fourth-order valence-corrected chi connectivity index (χ4v) is 3.27. The first-order valence-electron chi connectivity index (χ1n) is 6.58. The van der Waals surface area contributed by atoms with Crippen molar-refractivity contribution in [1.82, 2.24) is 4.31 Å². The molecule has 10 nitrogen and oxygen atoms in total. The summed E-state index contributed by atoms with van der Waals surface area (Å²) in [6, 6.07) is 2.66. The standard InChI is InChI=1S/C13H16N2O8S/c1-8(12(16)17)7-14(2)24(21,22)11-5-4-9(15(19)20)6-10(11)13(18)23-3/h4-6,8H,7H2,1-3H3,(H,16,17). The molecule has 0 heterocycles. The summed E-state index contributed by atoms with van der Waals surface area (Å²) < 4.78 is 30.4. The molecule has 0 saturated heterocycles. The quantitative estimate of drug-likeness (QED) is 0.425. The van der Waals surface area contributed by atoms with Crippen molar-refractivity contribution in [3.8, 4) is 0 Å². The molecule has 0 saturated carbocycles. The third kappa shape index (κ3) is 4.06. The molecular formula is C13H16N2O8S. The van der Waals surface area contributed by atoms with Gasteiger partial charge in [-0.2, -0.15) is 0 Å². The highest BCUT2D eigenvalue weighted by atomic mass is 32.2. The molecule has 1 atom stereocenters. The number of benzene rings is 1. The molecule has 0 amide bonds. The van der Waals surface area contributed by atoms with E-state index in [1.165, 1.54) is 6.92 Å². The molecule has 1 aromatic rings. The Hall–Kier alpha value is -2.53. The number of carboxylic acid groups (broad SMARTS) is 1. The number of carbonyl (C=O) groups is 2. The Bertz CT molecular complexity index is 774. The number of hydrogen-bond donors (Lipinski definition) is 1. The van der Waals surface area contributed by atoms with Gasteiger partial charge in [0.05, 0.1) is 28.4 Å². The smallest absolute Gasteiger partial charge is 0.339 e. The summed E-state index contributed by atoms with van der Waals surface area (Å²) in [7, 11) is -2.09. The second-order valence-electron chi connectivity index (χ2n) is 4.95. The fourth-order valence-electron chi connectivity index (χ4n) is 1.86. The van der Waals surface area contributed by atoms with Crippen molar-refractivity contribution in [3.05, 3.63) is 33.9 Å². The molecule has 0 radical (unpaired) electrons. The number of aliphatic carboxylic acids is 1. The van der Waals surface area contributed by atoms with Crippen molar-refractivity contribution in [2.24, 2.45) is 5.92 Å². The summed E-state index contributed by atoms with van der Waals surface area (Å²) >= 11 is 0. The Morgan fingerprint density at radius 2 is 2.00 bits per heavy atom. The summed E-state index contributed by atoms with van der Waals surface area (Å²) in [6.45, 7) is 0.987. The molecule has 0 spiro atoms. The van der Waals surface area contributed by atoms with Gasteiger partial charge in [0.25, 0.3) is 5.69 Å². The molecule has 0 aliphatic carbocycles. The van der Waals surface area contributed by atoms with E-state index in [0.717, 1.165) is 36.7 Å². The number of nitro groups is 1. The van der Waals surface area contributed by atoms with Crippen LogP contribution in [-0.2, 0) is 19.6 Å². The lowest BCUT2D eigenvalue weighted by Crippen LogP contribution is -2.34. The van der Waals surface area contributed by atoms with E-state index in [0.29, 0.717) is 0 Å². The van der Waals surface area contributed by atoms with Crippen LogP contribution in [0.25, 0.3) is 0 Å². The zero-order valence-electron chi connectivity index (χ0n) is 13.1. The zero-order chi connectivity index (χ0) is 18.7. The monoisotopic (exact) mass is 360 g/mol. The van der Waals surface area contributed by atoms with E-state index < -0.39 is 48.9 Å². The number of ether oxygens (including phenoxy) is 1. The van der Waals surface area contributed by atoms with Crippen LogP contribution in [0.3, 0.4) is 0 Å². The number of non-ortho nitro benzene ring substituents is 1. The maximum Gasteiger partial charge on any atom is 0.339 e. The van der Waals surface area contributed by atoms with Crippen molar-refractivity contribution in [2.75, 3.05) is 20.7 Å². The van der Waals surface area contributed by atoms with Crippen molar-refractivity contribution in [1.29, 1.82) is 0 Å². The van der Waals surface area contributed by atoms with E-state index in [2.05, 4.69) is 4.74 Å². The molecule has 1 aromatic carbocycles. The van der Waals surface area contributed by atoms with Gasteiger partial charge in [-0.25, -0.2) is 17.5 Å². The van der Waals surface area contributed by atoms with Crippen molar-refractivity contribution >= 4 is 27.6 Å². The summed E-state index contributed by atoms with van der Waals surface area (Å²) in [6.07, 6.45) is 0. The van der Waals surface area contributed by atoms with Gasteiger partial charge in [0.1, 0.15) is 0 Å². The normalized spacial score (nSPS) is 12.7. The Balaban J connectivity index is 3.39. The molecule has 0 fully saturated rings. The molecule has 24 heavy (non-hydrogen) atoms. The molecule has 1 unspecified atom stereocenters. The zero-order valence-corrected chi connectivity index (χ0v) is 13.9. The SMILES string of the molecule is COC(=O)c1cc([N+](=O)[O-])ccc1S(=O)(=O)N(C)CC(C)C(=O)O. The van der Waals surface area contributed by atoms with E-state index >= 15 is 0 Å². The summed E-state index contributed by atoms with van der Waals surface area (Å²) in [4.78, 5) is 32.2. The van der Waals surface area contributed by atoms with Crippen LogP contribution in [-0.4, -0.2) is 55.4 Å². The van der Waals surface area contributed by atoms with Gasteiger partial charge in [0.15, 0.2) is 0 Å². The number of rotatable bonds is 7. The first kappa shape index (κ1) is 19.5. The highest BCUT2D eigenvalue weighted by Crippen LogP contribution is 2.25. The predicted molar refractivity (Wildman–Crippen MR) is 81.1 cm³/mol. The number of methoxy groups -OCH3 is 1. The number of esters is 1. The van der Waals surface area contributed by atoms with E-state index in [1.54, 1.807) is 0 Å². The van der Waals surface area contributed by atoms with Crippen molar-refractivity contribution < 1.29 is 32.8 Å². The van der Waals surface area contributed by atoms with E-state index in [9.17, 15) is 28.1 Å². The lowest BCUT2D eigenvalue weighted by molar-refractivity contribution is -0.384. The van der Waals surface area contributed by atoms with Crippen LogP contribution in [0.15, 0.2) is 23.1 Å². The maximum atomic E-state index is 12.6. The molecule has 11 heteroatoms. The minimum atomic E-state index is -4.25. The average molecular weight is 360 g/mol. The number of carboxylic acids is 1. The fraction of sp³-hybridized carbons (Fsp3) is 0.385. The highest BCUT2D eigenvalue weighted by Gasteiger charge is 2.30. The lowest BCUT2D eigenvalue weighted by Gasteiger charge is -2.20. The summed E-state index contributed by atoms with van der Waals surface area (Å²) in [5.74, 6) is -3.23. The van der Waals surface area contributed by atoms with Gasteiger partial charge >= 0.3 is 11.9 Å². The van der Waals surface area contributed by atoms with Crippen LogP contribution in [0.1, 0.15) is 17.3 Å². The largest absolute Gasteiger partial charge is 0.481 e. The first-order chi connectivity index (χ1) is 11.0. The highest BCUT2D eigenvalue weighted by molar-refractivity contribution is 7.89. The van der Waals surface area contributed by atoms with Gasteiger partial charge in [0.2, 0.25) is 10.0 Å². The minimum Gasteiger partial charge on any atom is -0.481 e. The van der Waals surface area contributed by atoms with E-state index in [1.807, 2.05) is 0 Å². The molecule has 0 aliphatic heterocycles. The molecule has 0 aromatic heterocycles. The molecule has 0 aliphatic rings. The first-order valence-corrected chi connectivity index (χ1v) is 8.02. The number of sulfonamides is 1. The van der Waals surface area contributed by atoms with Gasteiger partial charge in [0, 0.05) is 25.7 Å². The van der Waals surface area contributed by atoms with Gasteiger partial charge < -0.3 is 9.84 Å². The molecule has 1 N–H and O–H groups in total. The maximum absolute atomic E-state index is 12.6. The Morgan fingerprint density at radius 1 is 1.42 bits per heavy atom. The van der Waals surface area contributed by atoms with Crippen LogP contribution in [0.4, 0.5) is 5.69 Å². The van der Waals surface area contributed by atoms with Gasteiger partial charge in [-0.1, -0.05) is 6.92 Å². The molecule has 132 valence electrons. The van der Waals surface area contributed by atoms with Crippen LogP contribution in [0.2, 0.25) is 0 Å². The van der Waals surface area contributed by atoms with Crippen LogP contribution in [0, 0.1) is 16.0 Å². The van der Waals surface area contributed by atoms with Crippen LogP contribution in [0.5, 0.6) is 0 Å². The van der Waals surface area contributed by atoms with Crippen molar-refractivity contribution in [3.63, 3.8) is 0 Å². The third-order valence-electron chi connectivity index (χ3n) is 3.22. The summed E-state index contributed by atoms with van der Waals surface area (Å²) in [5, 5.41) is 19.7. The van der Waals surface area contributed by atoms with E-state index in [4.69, 9.17) is 5.11 Å². The predicted octanol–water partition coefficient (Wildman–Crippen LogP) is 0.723. The minimum absolute atomic E-state index is 0.338. The molecular weight excluding hydrogens is 344 g/mol. The van der Waals surface area contributed by atoms with Gasteiger partial charge in [-0.15, -0.1) is 0 Å². The van der Waals surface area contributed by atoms with E-state index in [-0.39, 0.29) is 6.54 Å². The average Bonchev–Trinajstić information content (AvgIpc) is 2.52. The Labute approximate surface area is 137 Å². The lowest BCUT2D eigenvalue weighted by atomic mass is 10.2. The Kier molecular flexibility index (Phi) is 5.99. The third-order valence-corrected chi connectivity index (χ3v) is 5.10. The van der Waals surface area contributed by atoms with Crippen LogP contribution >= 0.6 is 0 Å². The second-order valence-corrected chi connectivity index (χ2v) is 6.97.